The molecule has 3 nitrogen and oxygen atoms in total. The van der Waals surface area contributed by atoms with Gasteiger partial charge in [0.25, 0.3) is 0 Å². The molecule has 1 unspecified atom stereocenters. The number of aromatic nitrogens is 2. The number of halogens is 1. The van der Waals surface area contributed by atoms with E-state index in [1.807, 2.05) is 19.2 Å². The summed E-state index contributed by atoms with van der Waals surface area (Å²) >= 11 is 0. The summed E-state index contributed by atoms with van der Waals surface area (Å²) in [4.78, 5) is 0. The van der Waals surface area contributed by atoms with Crippen molar-refractivity contribution in [2.75, 3.05) is 6.54 Å². The van der Waals surface area contributed by atoms with Crippen molar-refractivity contribution in [3.63, 3.8) is 0 Å². The fraction of sp³-hybridized carbons (Fsp3) is 0.400. The Morgan fingerprint density at radius 1 is 1.32 bits per heavy atom. The highest BCUT2D eigenvalue weighted by Crippen LogP contribution is 2.27. The van der Waals surface area contributed by atoms with Crippen LogP contribution in [0.4, 0.5) is 4.39 Å². The van der Waals surface area contributed by atoms with E-state index in [-0.39, 0.29) is 11.7 Å². The fourth-order valence-corrected chi connectivity index (χ4v) is 2.28. The molecule has 0 spiro atoms. The van der Waals surface area contributed by atoms with E-state index in [9.17, 15) is 4.39 Å². The van der Waals surface area contributed by atoms with Gasteiger partial charge in [0.05, 0.1) is 5.69 Å². The molecule has 0 amide bonds. The third-order valence-electron chi connectivity index (χ3n) is 3.40. The average Bonchev–Trinajstić information content (AvgIpc) is 2.75. The molecule has 4 heteroatoms. The SMILES string of the molecule is CC(C)c1cc(C(CN)c2ccccc2F)n(C)n1. The Morgan fingerprint density at radius 3 is 2.53 bits per heavy atom. The summed E-state index contributed by atoms with van der Waals surface area (Å²) in [6, 6.07) is 8.80. The molecular formula is C15H20FN3. The van der Waals surface area contributed by atoms with E-state index in [1.54, 1.807) is 16.8 Å². The molecule has 1 aromatic carbocycles. The van der Waals surface area contributed by atoms with E-state index in [0.29, 0.717) is 18.0 Å². The smallest absolute Gasteiger partial charge is 0.127 e. The highest BCUT2D eigenvalue weighted by atomic mass is 19.1. The van der Waals surface area contributed by atoms with Crippen LogP contribution in [0.2, 0.25) is 0 Å². The van der Waals surface area contributed by atoms with Gasteiger partial charge < -0.3 is 5.73 Å². The van der Waals surface area contributed by atoms with Gasteiger partial charge in [0.1, 0.15) is 5.82 Å². The van der Waals surface area contributed by atoms with E-state index in [0.717, 1.165) is 11.4 Å². The highest BCUT2D eigenvalue weighted by Gasteiger charge is 2.21. The number of benzene rings is 1. The van der Waals surface area contributed by atoms with Crippen LogP contribution in [0.25, 0.3) is 0 Å². The Balaban J connectivity index is 2.46. The standard InChI is InChI=1S/C15H20FN3/c1-10(2)14-8-15(19(3)18-14)12(9-17)11-6-4-5-7-13(11)16/h4-8,10,12H,9,17H2,1-3H3. The van der Waals surface area contributed by atoms with Gasteiger partial charge in [-0.05, 0) is 23.6 Å². The molecule has 2 aromatic rings. The maximum Gasteiger partial charge on any atom is 0.127 e. The molecule has 0 saturated heterocycles. The van der Waals surface area contributed by atoms with E-state index in [2.05, 4.69) is 18.9 Å². The summed E-state index contributed by atoms with van der Waals surface area (Å²) in [6.07, 6.45) is 0. The van der Waals surface area contributed by atoms with Gasteiger partial charge in [-0.25, -0.2) is 4.39 Å². The lowest BCUT2D eigenvalue weighted by atomic mass is 9.94. The Morgan fingerprint density at radius 2 is 2.00 bits per heavy atom. The van der Waals surface area contributed by atoms with Crippen LogP contribution in [0, 0.1) is 5.82 Å². The van der Waals surface area contributed by atoms with Gasteiger partial charge >= 0.3 is 0 Å². The summed E-state index contributed by atoms with van der Waals surface area (Å²) in [7, 11) is 1.88. The third kappa shape index (κ3) is 2.68. The number of hydrogen-bond donors (Lipinski definition) is 1. The van der Waals surface area contributed by atoms with Crippen LogP contribution in [0.5, 0.6) is 0 Å². The zero-order chi connectivity index (χ0) is 14.0. The molecule has 1 aromatic heterocycles. The van der Waals surface area contributed by atoms with Crippen molar-refractivity contribution in [3.05, 3.63) is 53.1 Å². The molecule has 2 N–H and O–H groups in total. The average molecular weight is 261 g/mol. The van der Waals surface area contributed by atoms with Crippen molar-refractivity contribution in [2.24, 2.45) is 12.8 Å². The molecule has 0 aliphatic heterocycles. The minimum Gasteiger partial charge on any atom is -0.329 e. The van der Waals surface area contributed by atoms with Gasteiger partial charge in [0, 0.05) is 25.2 Å². The summed E-state index contributed by atoms with van der Waals surface area (Å²) in [5.74, 6) is -0.0320. The lowest BCUT2D eigenvalue weighted by Gasteiger charge is -2.16. The van der Waals surface area contributed by atoms with Crippen molar-refractivity contribution in [2.45, 2.75) is 25.7 Å². The van der Waals surface area contributed by atoms with Crippen molar-refractivity contribution in [1.29, 1.82) is 0 Å². The normalized spacial score (nSPS) is 12.9. The molecule has 0 bridgehead atoms. The molecule has 0 aliphatic rings. The Hall–Kier alpha value is -1.68. The molecule has 0 aliphatic carbocycles. The first-order chi connectivity index (χ1) is 9.04. The minimum absolute atomic E-state index is 0.161. The molecule has 1 heterocycles. The van der Waals surface area contributed by atoms with E-state index in [1.165, 1.54) is 6.07 Å². The first kappa shape index (κ1) is 13.7. The number of aryl methyl sites for hydroxylation is 1. The molecule has 0 fully saturated rings. The van der Waals surface area contributed by atoms with Crippen LogP contribution in [0.15, 0.2) is 30.3 Å². The lowest BCUT2D eigenvalue weighted by Crippen LogP contribution is -2.18. The fourth-order valence-electron chi connectivity index (χ4n) is 2.28. The highest BCUT2D eigenvalue weighted by molar-refractivity contribution is 5.31. The van der Waals surface area contributed by atoms with Gasteiger partial charge in [-0.2, -0.15) is 5.10 Å². The van der Waals surface area contributed by atoms with Crippen LogP contribution in [0.3, 0.4) is 0 Å². The summed E-state index contributed by atoms with van der Waals surface area (Å²) < 4.78 is 15.7. The summed E-state index contributed by atoms with van der Waals surface area (Å²) in [6.45, 7) is 4.54. The van der Waals surface area contributed by atoms with Crippen molar-refractivity contribution in [3.8, 4) is 0 Å². The second-order valence-electron chi connectivity index (χ2n) is 5.08. The Bertz CT molecular complexity index is 560. The molecular weight excluding hydrogens is 241 g/mol. The minimum atomic E-state index is -0.217. The molecule has 19 heavy (non-hydrogen) atoms. The quantitative estimate of drug-likeness (QED) is 0.919. The van der Waals surface area contributed by atoms with Crippen molar-refractivity contribution in [1.82, 2.24) is 9.78 Å². The van der Waals surface area contributed by atoms with Crippen LogP contribution < -0.4 is 5.73 Å². The monoisotopic (exact) mass is 261 g/mol. The maximum absolute atomic E-state index is 13.9. The van der Waals surface area contributed by atoms with E-state index < -0.39 is 0 Å². The predicted molar refractivity (Wildman–Crippen MR) is 74.6 cm³/mol. The van der Waals surface area contributed by atoms with Crippen LogP contribution in [-0.4, -0.2) is 16.3 Å². The number of rotatable bonds is 4. The van der Waals surface area contributed by atoms with Gasteiger partial charge in [0.15, 0.2) is 0 Å². The van der Waals surface area contributed by atoms with Gasteiger partial charge in [0.2, 0.25) is 0 Å². The zero-order valence-corrected chi connectivity index (χ0v) is 11.6. The van der Waals surface area contributed by atoms with Crippen LogP contribution in [-0.2, 0) is 7.05 Å². The summed E-state index contributed by atoms with van der Waals surface area (Å²) in [5.41, 5.74) is 8.44. The maximum atomic E-state index is 13.9. The van der Waals surface area contributed by atoms with Gasteiger partial charge in [-0.3, -0.25) is 4.68 Å². The summed E-state index contributed by atoms with van der Waals surface area (Å²) in [5, 5.41) is 4.47. The first-order valence-electron chi connectivity index (χ1n) is 6.53. The zero-order valence-electron chi connectivity index (χ0n) is 11.6. The second kappa shape index (κ2) is 5.53. The molecule has 0 saturated carbocycles. The van der Waals surface area contributed by atoms with Gasteiger partial charge in [-0.15, -0.1) is 0 Å². The molecule has 0 radical (unpaired) electrons. The van der Waals surface area contributed by atoms with Gasteiger partial charge in [-0.1, -0.05) is 32.0 Å². The lowest BCUT2D eigenvalue weighted by molar-refractivity contribution is 0.581. The van der Waals surface area contributed by atoms with E-state index in [4.69, 9.17) is 5.73 Å². The Labute approximate surface area is 113 Å². The third-order valence-corrected chi connectivity index (χ3v) is 3.40. The predicted octanol–water partition coefficient (Wildman–Crippen LogP) is 2.77. The molecule has 2 rings (SSSR count). The number of nitrogens with zero attached hydrogens (tertiary/aromatic N) is 2. The van der Waals surface area contributed by atoms with Crippen LogP contribution >= 0.6 is 0 Å². The largest absolute Gasteiger partial charge is 0.329 e. The van der Waals surface area contributed by atoms with Crippen LogP contribution in [0.1, 0.15) is 42.6 Å². The van der Waals surface area contributed by atoms with E-state index >= 15 is 0 Å². The van der Waals surface area contributed by atoms with Crippen molar-refractivity contribution >= 4 is 0 Å². The second-order valence-corrected chi connectivity index (χ2v) is 5.08. The van der Waals surface area contributed by atoms with Crippen molar-refractivity contribution < 1.29 is 4.39 Å². The number of hydrogen-bond acceptors (Lipinski definition) is 2. The topological polar surface area (TPSA) is 43.8 Å². The Kier molecular flexibility index (Phi) is 4.00. The molecule has 102 valence electrons. The first-order valence-corrected chi connectivity index (χ1v) is 6.53. The molecule has 1 atom stereocenters. The number of nitrogens with two attached hydrogens (primary N) is 1.